The van der Waals surface area contributed by atoms with Crippen LogP contribution in [0.4, 0.5) is 4.79 Å². The van der Waals surface area contributed by atoms with E-state index in [-0.39, 0.29) is 30.6 Å². The van der Waals surface area contributed by atoms with Crippen LogP contribution >= 0.6 is 0 Å². The maximum Gasteiger partial charge on any atom is 0.410 e. The summed E-state index contributed by atoms with van der Waals surface area (Å²) in [6, 6.07) is 9.86. The van der Waals surface area contributed by atoms with Crippen LogP contribution in [0.3, 0.4) is 0 Å². The van der Waals surface area contributed by atoms with Crippen LogP contribution in [0, 0.1) is 5.92 Å². The maximum atomic E-state index is 12.5. The van der Waals surface area contributed by atoms with Gasteiger partial charge in [0.2, 0.25) is 11.8 Å². The van der Waals surface area contributed by atoms with Gasteiger partial charge >= 0.3 is 6.09 Å². The Morgan fingerprint density at radius 3 is 2.31 bits per heavy atom. The highest BCUT2D eigenvalue weighted by Crippen LogP contribution is 2.23. The number of nitrogens with zero attached hydrogens (tertiary/aromatic N) is 2. The predicted octanol–water partition coefficient (Wildman–Crippen LogP) is 2.14. The Morgan fingerprint density at radius 2 is 1.66 bits per heavy atom. The normalized spacial score (nSPS) is 21.6. The SMILES string of the molecule is CCC(=O)NCC1CCC(NC(=O)CN2CCN(C(=O)OCc3ccccc3)CC2)CC1. The van der Waals surface area contributed by atoms with E-state index in [0.717, 1.165) is 37.8 Å². The Kier molecular flexibility index (Phi) is 9.34. The molecule has 1 aromatic carbocycles. The van der Waals surface area contributed by atoms with Crippen molar-refractivity contribution >= 4 is 17.9 Å². The number of hydrogen-bond donors (Lipinski definition) is 2. The fourth-order valence-electron chi connectivity index (χ4n) is 4.27. The molecule has 1 aromatic rings. The maximum absolute atomic E-state index is 12.5. The van der Waals surface area contributed by atoms with Crippen LogP contribution in [0.2, 0.25) is 0 Å². The Hall–Kier alpha value is -2.61. The summed E-state index contributed by atoms with van der Waals surface area (Å²) in [5.41, 5.74) is 0.968. The first-order valence-corrected chi connectivity index (χ1v) is 11.8. The van der Waals surface area contributed by atoms with Crippen LogP contribution in [0.25, 0.3) is 0 Å². The number of amides is 3. The third-order valence-corrected chi connectivity index (χ3v) is 6.32. The van der Waals surface area contributed by atoms with Gasteiger partial charge in [-0.2, -0.15) is 0 Å². The summed E-state index contributed by atoms with van der Waals surface area (Å²) in [7, 11) is 0. The zero-order valence-corrected chi connectivity index (χ0v) is 19.1. The lowest BCUT2D eigenvalue weighted by Gasteiger charge is -2.34. The molecule has 2 N–H and O–H groups in total. The van der Waals surface area contributed by atoms with Crippen LogP contribution in [0.5, 0.6) is 0 Å². The molecule has 1 aliphatic carbocycles. The summed E-state index contributed by atoms with van der Waals surface area (Å²) >= 11 is 0. The van der Waals surface area contributed by atoms with Crippen molar-refractivity contribution in [1.29, 1.82) is 0 Å². The molecule has 8 nitrogen and oxygen atoms in total. The second kappa shape index (κ2) is 12.4. The van der Waals surface area contributed by atoms with Gasteiger partial charge in [0.15, 0.2) is 0 Å². The summed E-state index contributed by atoms with van der Waals surface area (Å²) in [6.45, 7) is 5.69. The van der Waals surface area contributed by atoms with E-state index < -0.39 is 0 Å². The first kappa shape index (κ1) is 24.0. The number of carbonyl (C=O) groups excluding carboxylic acids is 3. The number of benzene rings is 1. The Balaban J connectivity index is 1.28. The van der Waals surface area contributed by atoms with Gasteiger partial charge in [0.05, 0.1) is 6.54 Å². The summed E-state index contributed by atoms with van der Waals surface area (Å²) in [5.74, 6) is 0.659. The summed E-state index contributed by atoms with van der Waals surface area (Å²) < 4.78 is 5.40. The first-order valence-electron chi connectivity index (χ1n) is 11.8. The molecule has 0 spiro atoms. The van der Waals surface area contributed by atoms with Crippen molar-refractivity contribution in [2.45, 2.75) is 51.7 Å². The molecule has 8 heteroatoms. The average Bonchev–Trinajstić information content (AvgIpc) is 2.83. The van der Waals surface area contributed by atoms with E-state index in [1.807, 2.05) is 37.3 Å². The standard InChI is InChI=1S/C24H36N4O4/c1-2-22(29)25-16-19-8-10-21(11-9-19)26-23(30)17-27-12-14-28(15-13-27)24(31)32-18-20-6-4-3-5-7-20/h3-7,19,21H,2,8-18H2,1H3,(H,25,29)(H,26,30). The van der Waals surface area contributed by atoms with E-state index in [0.29, 0.717) is 45.1 Å². The van der Waals surface area contributed by atoms with Crippen molar-refractivity contribution in [3.8, 4) is 0 Å². The molecule has 1 saturated heterocycles. The number of carbonyl (C=O) groups is 3. The topological polar surface area (TPSA) is 91.0 Å². The zero-order valence-electron chi connectivity index (χ0n) is 19.1. The lowest BCUT2D eigenvalue weighted by Crippen LogP contribution is -2.52. The van der Waals surface area contributed by atoms with Gasteiger partial charge in [-0.05, 0) is 37.2 Å². The third-order valence-electron chi connectivity index (χ3n) is 6.32. The van der Waals surface area contributed by atoms with Crippen LogP contribution in [-0.4, -0.2) is 73.0 Å². The lowest BCUT2D eigenvalue weighted by atomic mass is 9.86. The quantitative estimate of drug-likeness (QED) is 0.641. The minimum absolute atomic E-state index is 0.0489. The molecule has 176 valence electrons. The number of rotatable bonds is 8. The number of piperazine rings is 1. The van der Waals surface area contributed by atoms with Crippen molar-refractivity contribution in [3.63, 3.8) is 0 Å². The van der Waals surface area contributed by atoms with Gasteiger partial charge in [-0.25, -0.2) is 4.79 Å². The van der Waals surface area contributed by atoms with Crippen LogP contribution in [-0.2, 0) is 20.9 Å². The lowest BCUT2D eigenvalue weighted by molar-refractivity contribution is -0.123. The van der Waals surface area contributed by atoms with E-state index in [4.69, 9.17) is 4.74 Å². The molecule has 0 aromatic heterocycles. The molecule has 1 saturated carbocycles. The van der Waals surface area contributed by atoms with E-state index in [9.17, 15) is 14.4 Å². The number of hydrogen-bond acceptors (Lipinski definition) is 5. The number of nitrogens with one attached hydrogen (secondary N) is 2. The highest BCUT2D eigenvalue weighted by molar-refractivity contribution is 5.78. The molecule has 0 atom stereocenters. The molecule has 2 aliphatic rings. The van der Waals surface area contributed by atoms with Gasteiger partial charge in [-0.1, -0.05) is 37.3 Å². The fourth-order valence-corrected chi connectivity index (χ4v) is 4.27. The van der Waals surface area contributed by atoms with E-state index in [1.165, 1.54) is 0 Å². The van der Waals surface area contributed by atoms with Gasteiger partial charge < -0.3 is 20.3 Å². The van der Waals surface area contributed by atoms with Crippen molar-refractivity contribution in [3.05, 3.63) is 35.9 Å². The Morgan fingerprint density at radius 1 is 0.969 bits per heavy atom. The molecule has 3 rings (SSSR count). The minimum atomic E-state index is -0.301. The first-order chi connectivity index (χ1) is 15.5. The van der Waals surface area contributed by atoms with E-state index >= 15 is 0 Å². The van der Waals surface area contributed by atoms with Gasteiger partial charge in [0.1, 0.15) is 6.61 Å². The van der Waals surface area contributed by atoms with Gasteiger partial charge in [0.25, 0.3) is 0 Å². The largest absolute Gasteiger partial charge is 0.445 e. The smallest absolute Gasteiger partial charge is 0.410 e. The molecule has 32 heavy (non-hydrogen) atoms. The summed E-state index contributed by atoms with van der Waals surface area (Å²) in [6.07, 6.45) is 4.19. The molecule has 0 radical (unpaired) electrons. The minimum Gasteiger partial charge on any atom is -0.445 e. The van der Waals surface area contributed by atoms with E-state index in [2.05, 4.69) is 15.5 Å². The highest BCUT2D eigenvalue weighted by atomic mass is 16.6. The van der Waals surface area contributed by atoms with Crippen molar-refractivity contribution in [1.82, 2.24) is 20.4 Å². The molecule has 2 fully saturated rings. The molecule has 0 unspecified atom stereocenters. The zero-order chi connectivity index (χ0) is 22.8. The second-order valence-corrected chi connectivity index (χ2v) is 8.75. The summed E-state index contributed by atoms with van der Waals surface area (Å²) in [5, 5.41) is 6.13. The Bertz CT molecular complexity index is 742. The molecular formula is C24H36N4O4. The van der Waals surface area contributed by atoms with Gasteiger partial charge in [-0.15, -0.1) is 0 Å². The van der Waals surface area contributed by atoms with Crippen molar-refractivity contribution < 1.29 is 19.1 Å². The van der Waals surface area contributed by atoms with Crippen molar-refractivity contribution in [2.24, 2.45) is 5.92 Å². The van der Waals surface area contributed by atoms with Crippen LogP contribution in [0.1, 0.15) is 44.6 Å². The van der Waals surface area contributed by atoms with Crippen LogP contribution < -0.4 is 10.6 Å². The molecule has 1 heterocycles. The third kappa shape index (κ3) is 7.82. The van der Waals surface area contributed by atoms with Crippen molar-refractivity contribution in [2.75, 3.05) is 39.3 Å². The summed E-state index contributed by atoms with van der Waals surface area (Å²) in [4.78, 5) is 39.9. The average molecular weight is 445 g/mol. The Labute approximate surface area is 190 Å². The van der Waals surface area contributed by atoms with E-state index in [1.54, 1.807) is 4.90 Å². The monoisotopic (exact) mass is 444 g/mol. The fraction of sp³-hybridized carbons (Fsp3) is 0.625. The number of ether oxygens (including phenoxy) is 1. The molecule has 0 bridgehead atoms. The van der Waals surface area contributed by atoms with Gasteiger partial charge in [0, 0.05) is 45.2 Å². The highest BCUT2D eigenvalue weighted by Gasteiger charge is 2.26. The second-order valence-electron chi connectivity index (χ2n) is 8.75. The molecule has 1 aliphatic heterocycles. The predicted molar refractivity (Wildman–Crippen MR) is 122 cm³/mol. The molecular weight excluding hydrogens is 408 g/mol. The van der Waals surface area contributed by atoms with Crippen LogP contribution in [0.15, 0.2) is 30.3 Å². The van der Waals surface area contributed by atoms with Gasteiger partial charge in [-0.3, -0.25) is 14.5 Å². The molecule has 3 amide bonds.